The molecule has 0 saturated carbocycles. The van der Waals surface area contributed by atoms with Crippen molar-refractivity contribution in [2.75, 3.05) is 7.11 Å². The zero-order chi connectivity index (χ0) is 9.97. The summed E-state index contributed by atoms with van der Waals surface area (Å²) in [5.41, 5.74) is 2.03. The topological polar surface area (TPSA) is 35.3 Å². The SMILES string of the molecule is COc1cc(C)ccc1-c1ncco1. The first-order chi connectivity index (χ1) is 6.81. The zero-order valence-corrected chi connectivity index (χ0v) is 8.15. The molecule has 0 spiro atoms. The minimum Gasteiger partial charge on any atom is -0.496 e. The maximum Gasteiger partial charge on any atom is 0.229 e. The van der Waals surface area contributed by atoms with E-state index in [0.717, 1.165) is 16.9 Å². The summed E-state index contributed by atoms with van der Waals surface area (Å²) in [5, 5.41) is 0. The Labute approximate surface area is 82.3 Å². The predicted octanol–water partition coefficient (Wildman–Crippen LogP) is 2.66. The van der Waals surface area contributed by atoms with Gasteiger partial charge in [0.25, 0.3) is 0 Å². The van der Waals surface area contributed by atoms with Gasteiger partial charge in [-0.15, -0.1) is 0 Å². The van der Waals surface area contributed by atoms with Crippen LogP contribution in [-0.2, 0) is 0 Å². The molecule has 0 N–H and O–H groups in total. The number of aromatic nitrogens is 1. The maximum absolute atomic E-state index is 5.25. The Hall–Kier alpha value is -1.77. The summed E-state index contributed by atoms with van der Waals surface area (Å²) in [6, 6.07) is 5.90. The van der Waals surface area contributed by atoms with Gasteiger partial charge in [-0.25, -0.2) is 4.98 Å². The molecule has 0 radical (unpaired) electrons. The molecule has 1 heterocycles. The molecule has 0 bridgehead atoms. The first kappa shape index (κ1) is 8.81. The van der Waals surface area contributed by atoms with Crippen molar-refractivity contribution >= 4 is 0 Å². The van der Waals surface area contributed by atoms with Crippen LogP contribution in [0.3, 0.4) is 0 Å². The van der Waals surface area contributed by atoms with E-state index in [4.69, 9.17) is 9.15 Å². The number of hydrogen-bond acceptors (Lipinski definition) is 3. The Morgan fingerprint density at radius 1 is 1.36 bits per heavy atom. The Kier molecular flexibility index (Phi) is 2.23. The average molecular weight is 189 g/mol. The summed E-state index contributed by atoms with van der Waals surface area (Å²) >= 11 is 0. The Morgan fingerprint density at radius 2 is 2.21 bits per heavy atom. The molecule has 0 amide bonds. The molecule has 14 heavy (non-hydrogen) atoms. The molecule has 1 aromatic heterocycles. The van der Waals surface area contributed by atoms with Crippen LogP contribution < -0.4 is 4.74 Å². The van der Waals surface area contributed by atoms with Crippen LogP contribution in [0.5, 0.6) is 5.75 Å². The van der Waals surface area contributed by atoms with Crippen LogP contribution in [0, 0.1) is 6.92 Å². The van der Waals surface area contributed by atoms with E-state index in [2.05, 4.69) is 4.98 Å². The van der Waals surface area contributed by atoms with Crippen LogP contribution in [-0.4, -0.2) is 12.1 Å². The molecule has 0 fully saturated rings. The molecular weight excluding hydrogens is 178 g/mol. The zero-order valence-electron chi connectivity index (χ0n) is 8.15. The molecule has 72 valence electrons. The number of ether oxygens (including phenoxy) is 1. The van der Waals surface area contributed by atoms with Gasteiger partial charge in [-0.05, 0) is 24.6 Å². The van der Waals surface area contributed by atoms with Gasteiger partial charge in [-0.1, -0.05) is 6.07 Å². The first-order valence-electron chi connectivity index (χ1n) is 4.36. The highest BCUT2D eigenvalue weighted by molar-refractivity contribution is 5.63. The van der Waals surface area contributed by atoms with Crippen molar-refractivity contribution in [3.8, 4) is 17.2 Å². The van der Waals surface area contributed by atoms with E-state index < -0.39 is 0 Å². The fraction of sp³-hybridized carbons (Fsp3) is 0.182. The summed E-state index contributed by atoms with van der Waals surface area (Å²) in [6.45, 7) is 2.02. The third-order valence-electron chi connectivity index (χ3n) is 2.02. The molecule has 3 nitrogen and oxygen atoms in total. The summed E-state index contributed by atoms with van der Waals surface area (Å²) in [6.07, 6.45) is 3.17. The highest BCUT2D eigenvalue weighted by atomic mass is 16.5. The lowest BCUT2D eigenvalue weighted by Crippen LogP contribution is -1.88. The van der Waals surface area contributed by atoms with Gasteiger partial charge < -0.3 is 9.15 Å². The normalized spacial score (nSPS) is 10.1. The molecule has 3 heteroatoms. The average Bonchev–Trinajstić information content (AvgIpc) is 2.70. The highest BCUT2D eigenvalue weighted by Crippen LogP contribution is 2.29. The van der Waals surface area contributed by atoms with Gasteiger partial charge in [0.1, 0.15) is 12.0 Å². The molecular formula is C11H11NO2. The van der Waals surface area contributed by atoms with Crippen molar-refractivity contribution in [1.29, 1.82) is 0 Å². The van der Waals surface area contributed by atoms with Crippen LogP contribution in [0.15, 0.2) is 35.1 Å². The van der Waals surface area contributed by atoms with E-state index in [9.17, 15) is 0 Å². The van der Waals surface area contributed by atoms with Crippen LogP contribution in [0.1, 0.15) is 5.56 Å². The number of methoxy groups -OCH3 is 1. The van der Waals surface area contributed by atoms with Crippen molar-refractivity contribution in [3.05, 3.63) is 36.2 Å². The first-order valence-corrected chi connectivity index (χ1v) is 4.36. The van der Waals surface area contributed by atoms with Crippen molar-refractivity contribution in [3.63, 3.8) is 0 Å². The summed E-state index contributed by atoms with van der Waals surface area (Å²) in [4.78, 5) is 4.08. The Balaban J connectivity index is 2.53. The van der Waals surface area contributed by atoms with Gasteiger partial charge in [0.2, 0.25) is 5.89 Å². The van der Waals surface area contributed by atoms with Crippen LogP contribution in [0.4, 0.5) is 0 Å². The van der Waals surface area contributed by atoms with Crippen LogP contribution >= 0.6 is 0 Å². The van der Waals surface area contributed by atoms with E-state index in [1.165, 1.54) is 0 Å². The second kappa shape index (κ2) is 3.54. The minimum absolute atomic E-state index is 0.585. The molecule has 1 aromatic carbocycles. The van der Waals surface area contributed by atoms with E-state index in [-0.39, 0.29) is 0 Å². The molecule has 0 saturated heterocycles. The molecule has 2 aromatic rings. The van der Waals surface area contributed by atoms with E-state index in [1.807, 2.05) is 25.1 Å². The third-order valence-corrected chi connectivity index (χ3v) is 2.02. The second-order valence-corrected chi connectivity index (χ2v) is 3.04. The quantitative estimate of drug-likeness (QED) is 0.728. The van der Waals surface area contributed by atoms with Crippen molar-refractivity contribution in [2.45, 2.75) is 6.92 Å². The van der Waals surface area contributed by atoms with E-state index in [1.54, 1.807) is 19.6 Å². The van der Waals surface area contributed by atoms with Crippen molar-refractivity contribution < 1.29 is 9.15 Å². The van der Waals surface area contributed by atoms with Gasteiger partial charge in [0.15, 0.2) is 0 Å². The Morgan fingerprint density at radius 3 is 2.86 bits per heavy atom. The molecule has 2 rings (SSSR count). The van der Waals surface area contributed by atoms with Gasteiger partial charge in [0.05, 0.1) is 18.9 Å². The van der Waals surface area contributed by atoms with Gasteiger partial charge in [0, 0.05) is 0 Å². The number of benzene rings is 1. The fourth-order valence-corrected chi connectivity index (χ4v) is 1.33. The van der Waals surface area contributed by atoms with E-state index >= 15 is 0 Å². The standard InChI is InChI=1S/C11H11NO2/c1-8-3-4-9(10(7-8)13-2)11-12-5-6-14-11/h3-7H,1-2H3. The minimum atomic E-state index is 0.585. The molecule has 0 atom stereocenters. The summed E-state index contributed by atoms with van der Waals surface area (Å²) in [7, 11) is 1.64. The van der Waals surface area contributed by atoms with Crippen molar-refractivity contribution in [1.82, 2.24) is 4.98 Å². The number of nitrogens with zero attached hydrogens (tertiary/aromatic N) is 1. The monoisotopic (exact) mass is 189 g/mol. The lowest BCUT2D eigenvalue weighted by Gasteiger charge is -2.05. The smallest absolute Gasteiger partial charge is 0.229 e. The second-order valence-electron chi connectivity index (χ2n) is 3.04. The van der Waals surface area contributed by atoms with Crippen LogP contribution in [0.25, 0.3) is 11.5 Å². The summed E-state index contributed by atoms with van der Waals surface area (Å²) < 4.78 is 10.5. The largest absolute Gasteiger partial charge is 0.496 e. The molecule has 0 aliphatic carbocycles. The number of rotatable bonds is 2. The maximum atomic E-state index is 5.25. The number of oxazole rings is 1. The van der Waals surface area contributed by atoms with Gasteiger partial charge in [-0.3, -0.25) is 0 Å². The summed E-state index contributed by atoms with van der Waals surface area (Å²) in [5.74, 6) is 1.37. The van der Waals surface area contributed by atoms with E-state index in [0.29, 0.717) is 5.89 Å². The molecule has 0 aliphatic heterocycles. The third kappa shape index (κ3) is 1.48. The number of hydrogen-bond donors (Lipinski definition) is 0. The molecule has 0 aliphatic rings. The number of aryl methyl sites for hydroxylation is 1. The van der Waals surface area contributed by atoms with Crippen LogP contribution in [0.2, 0.25) is 0 Å². The van der Waals surface area contributed by atoms with Crippen molar-refractivity contribution in [2.24, 2.45) is 0 Å². The lowest BCUT2D eigenvalue weighted by molar-refractivity contribution is 0.414. The fourth-order valence-electron chi connectivity index (χ4n) is 1.33. The van der Waals surface area contributed by atoms with Gasteiger partial charge in [-0.2, -0.15) is 0 Å². The molecule has 0 unspecified atom stereocenters. The predicted molar refractivity (Wildman–Crippen MR) is 53.2 cm³/mol. The Bertz CT molecular complexity index is 421. The highest BCUT2D eigenvalue weighted by Gasteiger charge is 2.08. The lowest BCUT2D eigenvalue weighted by atomic mass is 10.1. The van der Waals surface area contributed by atoms with Gasteiger partial charge >= 0.3 is 0 Å².